The van der Waals surface area contributed by atoms with E-state index in [0.29, 0.717) is 18.7 Å². The van der Waals surface area contributed by atoms with Crippen molar-refractivity contribution in [1.29, 1.82) is 0 Å². The number of benzene rings is 1. The van der Waals surface area contributed by atoms with Crippen LogP contribution in [0.4, 0.5) is 0 Å². The quantitative estimate of drug-likeness (QED) is 0.943. The molecule has 2 heterocycles. The first kappa shape index (κ1) is 12.9. The Hall–Kier alpha value is -2.14. The Morgan fingerprint density at radius 3 is 3.10 bits per heavy atom. The van der Waals surface area contributed by atoms with Gasteiger partial charge in [0.15, 0.2) is 0 Å². The van der Waals surface area contributed by atoms with Crippen molar-refractivity contribution in [1.82, 2.24) is 10.3 Å². The van der Waals surface area contributed by atoms with Crippen LogP contribution in [0.25, 0.3) is 6.08 Å². The van der Waals surface area contributed by atoms with Crippen LogP contribution in [-0.4, -0.2) is 17.5 Å². The first-order valence-corrected chi connectivity index (χ1v) is 7.16. The van der Waals surface area contributed by atoms with Crippen LogP contribution in [-0.2, 0) is 11.3 Å². The molecule has 0 atom stereocenters. The Labute approximate surface area is 121 Å². The Morgan fingerprint density at radius 1 is 1.45 bits per heavy atom. The molecule has 5 heteroatoms. The molecule has 1 aliphatic heterocycles. The molecule has 3 rings (SSSR count). The molecule has 0 fully saturated rings. The molecule has 102 valence electrons. The second-order valence-electron chi connectivity index (χ2n) is 4.52. The molecule has 1 aromatic heterocycles. The molecule has 0 unspecified atom stereocenters. The third-order valence-electron chi connectivity index (χ3n) is 3.02. The van der Waals surface area contributed by atoms with Crippen LogP contribution in [0, 0.1) is 6.92 Å². The van der Waals surface area contributed by atoms with Gasteiger partial charge in [-0.25, -0.2) is 4.98 Å². The topological polar surface area (TPSA) is 51.2 Å². The highest BCUT2D eigenvalue weighted by molar-refractivity contribution is 7.11. The lowest BCUT2D eigenvalue weighted by molar-refractivity contribution is -0.117. The van der Waals surface area contributed by atoms with Gasteiger partial charge in [-0.1, -0.05) is 18.2 Å². The number of carbonyl (C=O) groups is 1. The zero-order chi connectivity index (χ0) is 13.9. The fourth-order valence-electron chi connectivity index (χ4n) is 2.02. The molecule has 0 aliphatic carbocycles. The molecule has 1 N–H and O–H groups in total. The number of para-hydroxylation sites is 1. The van der Waals surface area contributed by atoms with Gasteiger partial charge in [0.1, 0.15) is 12.4 Å². The molecule has 1 aromatic carbocycles. The van der Waals surface area contributed by atoms with Gasteiger partial charge in [0.2, 0.25) is 0 Å². The van der Waals surface area contributed by atoms with Gasteiger partial charge < -0.3 is 10.1 Å². The van der Waals surface area contributed by atoms with Gasteiger partial charge in [0, 0.05) is 16.6 Å². The maximum Gasteiger partial charge on any atom is 0.250 e. The van der Waals surface area contributed by atoms with Crippen LogP contribution in [0.15, 0.2) is 36.0 Å². The van der Waals surface area contributed by atoms with Crippen molar-refractivity contribution in [3.63, 3.8) is 0 Å². The van der Waals surface area contributed by atoms with Gasteiger partial charge in [0.25, 0.3) is 5.91 Å². The lowest BCUT2D eigenvalue weighted by atomic mass is 10.1. The molecule has 2 aromatic rings. The molecule has 0 saturated heterocycles. The number of rotatable bonds is 3. The maximum absolute atomic E-state index is 12.1. The van der Waals surface area contributed by atoms with E-state index in [2.05, 4.69) is 10.3 Å². The van der Waals surface area contributed by atoms with Crippen molar-refractivity contribution >= 4 is 23.3 Å². The lowest BCUT2D eigenvalue weighted by Gasteiger charge is -2.17. The predicted octanol–water partition coefficient (Wildman–Crippen LogP) is 2.54. The highest BCUT2D eigenvalue weighted by atomic mass is 32.1. The van der Waals surface area contributed by atoms with Crippen molar-refractivity contribution in [2.75, 3.05) is 6.61 Å². The third kappa shape index (κ3) is 2.72. The summed E-state index contributed by atoms with van der Waals surface area (Å²) in [5.74, 6) is 0.729. The zero-order valence-electron chi connectivity index (χ0n) is 11.1. The van der Waals surface area contributed by atoms with Crippen LogP contribution < -0.4 is 10.1 Å². The van der Waals surface area contributed by atoms with Gasteiger partial charge in [0.05, 0.1) is 17.1 Å². The van der Waals surface area contributed by atoms with Crippen molar-refractivity contribution in [2.45, 2.75) is 13.5 Å². The molecule has 1 aliphatic rings. The van der Waals surface area contributed by atoms with E-state index in [-0.39, 0.29) is 5.91 Å². The van der Waals surface area contributed by atoms with E-state index in [0.717, 1.165) is 21.2 Å². The number of hydrogen-bond acceptors (Lipinski definition) is 4. The van der Waals surface area contributed by atoms with E-state index in [9.17, 15) is 4.79 Å². The summed E-state index contributed by atoms with van der Waals surface area (Å²) in [6.07, 6.45) is 3.67. The average molecular weight is 286 g/mol. The summed E-state index contributed by atoms with van der Waals surface area (Å²) in [6.45, 7) is 2.76. The second kappa shape index (κ2) is 5.46. The van der Waals surface area contributed by atoms with E-state index in [4.69, 9.17) is 4.74 Å². The molecular formula is C15H14N2O2S. The fraction of sp³-hybridized carbons (Fsp3) is 0.200. The smallest absolute Gasteiger partial charge is 0.250 e. The minimum Gasteiger partial charge on any atom is -0.488 e. The standard InChI is InChI=1S/C15H14N2O2S/c1-10-16-7-13(20-10)8-17-15(18)12-6-11-4-2-3-5-14(11)19-9-12/h2-7H,8-9H2,1H3,(H,17,18). The molecule has 0 spiro atoms. The second-order valence-corrected chi connectivity index (χ2v) is 5.84. The normalized spacial score (nSPS) is 13.2. The number of carbonyl (C=O) groups excluding carboxylic acids is 1. The average Bonchev–Trinajstić information content (AvgIpc) is 2.90. The van der Waals surface area contributed by atoms with Gasteiger partial charge in [-0.2, -0.15) is 0 Å². The number of ether oxygens (including phenoxy) is 1. The number of thiazole rings is 1. The van der Waals surface area contributed by atoms with Crippen molar-refractivity contribution in [3.05, 3.63) is 51.5 Å². The number of fused-ring (bicyclic) bond motifs is 1. The van der Waals surface area contributed by atoms with E-state index in [1.54, 1.807) is 17.5 Å². The predicted molar refractivity (Wildman–Crippen MR) is 78.6 cm³/mol. The Balaban J connectivity index is 1.68. The van der Waals surface area contributed by atoms with Gasteiger partial charge in [-0.05, 0) is 19.1 Å². The number of amides is 1. The SMILES string of the molecule is Cc1ncc(CNC(=O)C2=Cc3ccccc3OC2)s1. The van der Waals surface area contributed by atoms with Gasteiger partial charge in [-0.15, -0.1) is 11.3 Å². The first-order chi connectivity index (χ1) is 9.72. The Kier molecular flexibility index (Phi) is 3.52. The van der Waals surface area contributed by atoms with Crippen molar-refractivity contribution < 1.29 is 9.53 Å². The molecular weight excluding hydrogens is 272 g/mol. The van der Waals surface area contributed by atoms with Crippen LogP contribution >= 0.6 is 11.3 Å². The van der Waals surface area contributed by atoms with E-state index in [1.807, 2.05) is 37.3 Å². The van der Waals surface area contributed by atoms with Crippen LogP contribution in [0.5, 0.6) is 5.75 Å². The molecule has 20 heavy (non-hydrogen) atoms. The summed E-state index contributed by atoms with van der Waals surface area (Å²) in [5.41, 5.74) is 1.59. The summed E-state index contributed by atoms with van der Waals surface area (Å²) >= 11 is 1.59. The summed E-state index contributed by atoms with van der Waals surface area (Å²) in [5, 5.41) is 3.90. The van der Waals surface area contributed by atoms with E-state index >= 15 is 0 Å². The van der Waals surface area contributed by atoms with Crippen LogP contribution in [0.2, 0.25) is 0 Å². The van der Waals surface area contributed by atoms with Crippen molar-refractivity contribution in [2.24, 2.45) is 0 Å². The largest absolute Gasteiger partial charge is 0.488 e. The minimum atomic E-state index is -0.0921. The Bertz CT molecular complexity index is 676. The van der Waals surface area contributed by atoms with Crippen LogP contribution in [0.3, 0.4) is 0 Å². The summed E-state index contributed by atoms with van der Waals surface area (Å²) < 4.78 is 5.57. The van der Waals surface area contributed by atoms with Gasteiger partial charge in [-0.3, -0.25) is 4.79 Å². The monoisotopic (exact) mass is 286 g/mol. The molecule has 4 nitrogen and oxygen atoms in total. The van der Waals surface area contributed by atoms with E-state index < -0.39 is 0 Å². The summed E-state index contributed by atoms with van der Waals surface area (Å²) in [4.78, 5) is 17.3. The lowest BCUT2D eigenvalue weighted by Crippen LogP contribution is -2.27. The van der Waals surface area contributed by atoms with Crippen LogP contribution in [0.1, 0.15) is 15.4 Å². The molecule has 1 amide bonds. The number of nitrogens with zero attached hydrogens (tertiary/aromatic N) is 1. The number of aromatic nitrogens is 1. The van der Waals surface area contributed by atoms with Gasteiger partial charge >= 0.3 is 0 Å². The fourth-order valence-corrected chi connectivity index (χ4v) is 2.75. The maximum atomic E-state index is 12.1. The minimum absolute atomic E-state index is 0.0921. The highest BCUT2D eigenvalue weighted by Crippen LogP contribution is 2.25. The summed E-state index contributed by atoms with van der Waals surface area (Å²) in [6, 6.07) is 7.69. The number of nitrogens with one attached hydrogen (secondary N) is 1. The Morgan fingerprint density at radius 2 is 2.30 bits per heavy atom. The number of hydrogen-bond donors (Lipinski definition) is 1. The van der Waals surface area contributed by atoms with E-state index in [1.165, 1.54) is 0 Å². The molecule has 0 saturated carbocycles. The third-order valence-corrected chi connectivity index (χ3v) is 3.93. The molecule has 0 radical (unpaired) electrons. The zero-order valence-corrected chi connectivity index (χ0v) is 11.9. The molecule has 0 bridgehead atoms. The number of aryl methyl sites for hydroxylation is 1. The first-order valence-electron chi connectivity index (χ1n) is 6.34. The van der Waals surface area contributed by atoms with Crippen molar-refractivity contribution in [3.8, 4) is 5.75 Å². The summed E-state index contributed by atoms with van der Waals surface area (Å²) in [7, 11) is 0. The highest BCUT2D eigenvalue weighted by Gasteiger charge is 2.16.